The van der Waals surface area contributed by atoms with Crippen molar-refractivity contribution in [2.24, 2.45) is 5.73 Å². The molecule has 1 aliphatic rings. The first-order chi connectivity index (χ1) is 4.13. The van der Waals surface area contributed by atoms with E-state index in [1.807, 2.05) is 0 Å². The third-order valence-corrected chi connectivity index (χ3v) is 2.20. The van der Waals surface area contributed by atoms with Gasteiger partial charge in [-0.05, 0) is 19.8 Å². The quantitative estimate of drug-likeness (QED) is 0.531. The predicted octanol–water partition coefficient (Wildman–Crippen LogP) is 1.62. The minimum Gasteiger partial charge on any atom is -0.325 e. The average Bonchev–Trinajstić information content (AvgIpc) is 1.77. The summed E-state index contributed by atoms with van der Waals surface area (Å²) in [7, 11) is 0. The van der Waals surface area contributed by atoms with Gasteiger partial charge in [0, 0.05) is 6.04 Å². The first-order valence-corrected chi connectivity index (χ1v) is 3.57. The van der Waals surface area contributed by atoms with Gasteiger partial charge in [0.25, 0.3) is 0 Å². The van der Waals surface area contributed by atoms with Crippen molar-refractivity contribution in [2.75, 3.05) is 0 Å². The molecule has 54 valence electrons. The lowest BCUT2D eigenvalue weighted by atomic mass is 9.84. The van der Waals surface area contributed by atoms with Gasteiger partial charge in [-0.2, -0.15) is 0 Å². The van der Waals surface area contributed by atoms with Crippen LogP contribution in [0.1, 0.15) is 32.6 Å². The molecule has 0 bridgehead atoms. The Hall–Kier alpha value is -0.110. The maximum atomic E-state index is 13.1. The minimum absolute atomic E-state index is 0.216. The minimum atomic E-state index is -1.09. The Morgan fingerprint density at radius 2 is 2.22 bits per heavy atom. The molecule has 0 spiro atoms. The molecular formula is C7H14FN. The van der Waals surface area contributed by atoms with Gasteiger partial charge in [-0.3, -0.25) is 0 Å². The Bertz CT molecular complexity index is 101. The highest BCUT2D eigenvalue weighted by atomic mass is 19.1. The van der Waals surface area contributed by atoms with Gasteiger partial charge in [0.05, 0.1) is 0 Å². The smallest absolute Gasteiger partial charge is 0.123 e. The highest BCUT2D eigenvalue weighted by Gasteiger charge is 2.33. The molecule has 0 heterocycles. The fourth-order valence-electron chi connectivity index (χ4n) is 1.32. The Morgan fingerprint density at radius 1 is 1.56 bits per heavy atom. The number of rotatable bonds is 0. The van der Waals surface area contributed by atoms with Crippen molar-refractivity contribution in [2.45, 2.75) is 44.3 Å². The first-order valence-electron chi connectivity index (χ1n) is 3.57. The second-order valence-corrected chi connectivity index (χ2v) is 3.13. The van der Waals surface area contributed by atoms with Crippen LogP contribution in [0.4, 0.5) is 4.39 Å². The van der Waals surface area contributed by atoms with Gasteiger partial charge in [0.2, 0.25) is 0 Å². The van der Waals surface area contributed by atoms with Crippen LogP contribution >= 0.6 is 0 Å². The average molecular weight is 131 g/mol. The highest BCUT2D eigenvalue weighted by molar-refractivity contribution is 4.89. The summed E-state index contributed by atoms with van der Waals surface area (Å²) >= 11 is 0. The molecular weight excluding hydrogens is 117 g/mol. The van der Waals surface area contributed by atoms with E-state index < -0.39 is 5.67 Å². The molecule has 1 aliphatic carbocycles. The normalized spacial score (nSPS) is 45.0. The summed E-state index contributed by atoms with van der Waals surface area (Å²) < 4.78 is 13.1. The molecule has 2 unspecified atom stereocenters. The third-order valence-electron chi connectivity index (χ3n) is 2.20. The molecule has 1 saturated carbocycles. The fraction of sp³-hybridized carbons (Fsp3) is 1.00. The van der Waals surface area contributed by atoms with Crippen LogP contribution in [0.5, 0.6) is 0 Å². The highest BCUT2D eigenvalue weighted by Crippen LogP contribution is 2.29. The van der Waals surface area contributed by atoms with Gasteiger partial charge < -0.3 is 5.73 Å². The summed E-state index contributed by atoms with van der Waals surface area (Å²) in [6.45, 7) is 1.61. The second kappa shape index (κ2) is 2.25. The number of alkyl halides is 1. The van der Waals surface area contributed by atoms with E-state index in [2.05, 4.69) is 0 Å². The Balaban J connectivity index is 2.49. The second-order valence-electron chi connectivity index (χ2n) is 3.13. The summed E-state index contributed by atoms with van der Waals surface area (Å²) in [5.41, 5.74) is 4.45. The molecule has 9 heavy (non-hydrogen) atoms. The molecule has 2 heteroatoms. The Kier molecular flexibility index (Phi) is 1.75. The van der Waals surface area contributed by atoms with Crippen LogP contribution in [-0.4, -0.2) is 11.7 Å². The largest absolute Gasteiger partial charge is 0.325 e. The van der Waals surface area contributed by atoms with Gasteiger partial charge >= 0.3 is 0 Å². The zero-order chi connectivity index (χ0) is 6.91. The number of halogens is 1. The molecule has 0 amide bonds. The van der Waals surface area contributed by atoms with Crippen molar-refractivity contribution in [3.63, 3.8) is 0 Å². The summed E-state index contributed by atoms with van der Waals surface area (Å²) in [4.78, 5) is 0. The zero-order valence-corrected chi connectivity index (χ0v) is 5.86. The SMILES string of the molecule is CC1(F)CCCCC1N. The van der Waals surface area contributed by atoms with Crippen LogP contribution in [0.25, 0.3) is 0 Å². The first kappa shape index (κ1) is 7.00. The van der Waals surface area contributed by atoms with Crippen molar-refractivity contribution in [1.29, 1.82) is 0 Å². The van der Waals surface area contributed by atoms with E-state index in [-0.39, 0.29) is 6.04 Å². The molecule has 0 saturated heterocycles. The summed E-state index contributed by atoms with van der Waals surface area (Å²) in [5, 5.41) is 0. The molecule has 0 aromatic heterocycles. The van der Waals surface area contributed by atoms with Gasteiger partial charge in [0.1, 0.15) is 5.67 Å². The molecule has 2 atom stereocenters. The predicted molar refractivity (Wildman–Crippen MR) is 36.0 cm³/mol. The molecule has 0 radical (unpaired) electrons. The van der Waals surface area contributed by atoms with Crippen molar-refractivity contribution >= 4 is 0 Å². The Morgan fingerprint density at radius 3 is 2.56 bits per heavy atom. The van der Waals surface area contributed by atoms with Crippen LogP contribution in [-0.2, 0) is 0 Å². The van der Waals surface area contributed by atoms with Crippen molar-refractivity contribution in [3.05, 3.63) is 0 Å². The number of hydrogen-bond donors (Lipinski definition) is 1. The van der Waals surface area contributed by atoms with E-state index in [0.29, 0.717) is 6.42 Å². The fourth-order valence-corrected chi connectivity index (χ4v) is 1.32. The number of nitrogens with two attached hydrogens (primary N) is 1. The zero-order valence-electron chi connectivity index (χ0n) is 5.86. The molecule has 0 aliphatic heterocycles. The van der Waals surface area contributed by atoms with E-state index in [1.165, 1.54) is 0 Å². The molecule has 1 fully saturated rings. The molecule has 0 aromatic carbocycles. The van der Waals surface area contributed by atoms with Crippen LogP contribution in [0.3, 0.4) is 0 Å². The maximum Gasteiger partial charge on any atom is 0.123 e. The van der Waals surface area contributed by atoms with Gasteiger partial charge in [0.15, 0.2) is 0 Å². The number of hydrogen-bond acceptors (Lipinski definition) is 1. The van der Waals surface area contributed by atoms with Crippen LogP contribution in [0.15, 0.2) is 0 Å². The lowest BCUT2D eigenvalue weighted by Crippen LogP contribution is -2.44. The van der Waals surface area contributed by atoms with Crippen molar-refractivity contribution in [3.8, 4) is 0 Å². The summed E-state index contributed by atoms with van der Waals surface area (Å²) in [6, 6.07) is -0.216. The lowest BCUT2D eigenvalue weighted by molar-refractivity contribution is 0.103. The third kappa shape index (κ3) is 1.42. The van der Waals surface area contributed by atoms with Crippen molar-refractivity contribution < 1.29 is 4.39 Å². The lowest BCUT2D eigenvalue weighted by Gasteiger charge is -2.31. The van der Waals surface area contributed by atoms with Gasteiger partial charge in [-0.1, -0.05) is 12.8 Å². The van der Waals surface area contributed by atoms with E-state index >= 15 is 0 Å². The standard InChI is InChI=1S/C7H14FN/c1-7(8)5-3-2-4-6(7)9/h6H,2-5,9H2,1H3. The maximum absolute atomic E-state index is 13.1. The van der Waals surface area contributed by atoms with Crippen LogP contribution in [0.2, 0.25) is 0 Å². The topological polar surface area (TPSA) is 26.0 Å². The summed E-state index contributed by atoms with van der Waals surface area (Å²) in [5.74, 6) is 0. The Labute approximate surface area is 55.4 Å². The molecule has 1 rings (SSSR count). The summed E-state index contributed by atoms with van der Waals surface area (Å²) in [6.07, 6.45) is 3.60. The molecule has 1 nitrogen and oxygen atoms in total. The molecule has 0 aromatic rings. The molecule has 2 N–H and O–H groups in total. The van der Waals surface area contributed by atoms with E-state index in [0.717, 1.165) is 19.3 Å². The van der Waals surface area contributed by atoms with Gasteiger partial charge in [-0.25, -0.2) is 4.39 Å². The van der Waals surface area contributed by atoms with Crippen molar-refractivity contribution in [1.82, 2.24) is 0 Å². The van der Waals surface area contributed by atoms with E-state index in [1.54, 1.807) is 6.92 Å². The van der Waals surface area contributed by atoms with Gasteiger partial charge in [-0.15, -0.1) is 0 Å². The van der Waals surface area contributed by atoms with Crippen LogP contribution in [0, 0.1) is 0 Å². The van der Waals surface area contributed by atoms with Crippen LogP contribution < -0.4 is 5.73 Å². The van der Waals surface area contributed by atoms with E-state index in [9.17, 15) is 4.39 Å². The van der Waals surface area contributed by atoms with E-state index in [4.69, 9.17) is 5.73 Å². The monoisotopic (exact) mass is 131 g/mol.